The lowest BCUT2D eigenvalue weighted by molar-refractivity contribution is -0.162. The number of methoxy groups -OCH3 is 2. The van der Waals surface area contributed by atoms with E-state index < -0.39 is 12.6 Å². The minimum Gasteiger partial charge on any atom is -0.428 e. The third-order valence-corrected chi connectivity index (χ3v) is 7.15. The lowest BCUT2D eigenvalue weighted by atomic mass is 9.71. The van der Waals surface area contributed by atoms with Gasteiger partial charge in [-0.05, 0) is 76.2 Å². The first-order valence-corrected chi connectivity index (χ1v) is 11.9. The van der Waals surface area contributed by atoms with Gasteiger partial charge >= 0.3 is 5.97 Å². The van der Waals surface area contributed by atoms with Gasteiger partial charge in [0.2, 0.25) is 6.29 Å². The molecular weight excluding hydrogens is 404 g/mol. The van der Waals surface area contributed by atoms with Gasteiger partial charge in [-0.2, -0.15) is 0 Å². The summed E-state index contributed by atoms with van der Waals surface area (Å²) in [4.78, 5) is 11.6. The van der Waals surface area contributed by atoms with Gasteiger partial charge in [-0.15, -0.1) is 0 Å². The summed E-state index contributed by atoms with van der Waals surface area (Å²) in [5.74, 6) is -0.387. The summed E-state index contributed by atoms with van der Waals surface area (Å²) in [6, 6.07) is 0. The van der Waals surface area contributed by atoms with Crippen LogP contribution in [0.4, 0.5) is 0 Å². The maximum atomic E-state index is 11.6. The zero-order chi connectivity index (χ0) is 23.3. The highest BCUT2D eigenvalue weighted by Gasteiger charge is 2.36. The molecule has 2 aliphatic heterocycles. The molecule has 0 N–H and O–H groups in total. The van der Waals surface area contributed by atoms with Crippen molar-refractivity contribution in [3.63, 3.8) is 0 Å². The lowest BCUT2D eigenvalue weighted by Crippen LogP contribution is -2.33. The molecule has 1 aliphatic carbocycles. The predicted octanol–water partition coefficient (Wildman–Crippen LogP) is 6.16. The van der Waals surface area contributed by atoms with E-state index in [1.807, 2.05) is 0 Å². The molecule has 5 nitrogen and oxygen atoms in total. The van der Waals surface area contributed by atoms with Crippen molar-refractivity contribution < 1.29 is 23.7 Å². The van der Waals surface area contributed by atoms with Crippen molar-refractivity contribution in [2.45, 2.75) is 97.7 Å². The number of allylic oxidation sites excluding steroid dienone is 4. The number of rotatable bonds is 9. The van der Waals surface area contributed by atoms with Gasteiger partial charge in [0.15, 0.2) is 6.29 Å². The molecule has 0 aromatic heterocycles. The molecular formula is C27H40O5. The second-order valence-corrected chi connectivity index (χ2v) is 9.94. The smallest absolute Gasteiger partial charge is 0.333 e. The van der Waals surface area contributed by atoms with Crippen LogP contribution >= 0.6 is 0 Å². The summed E-state index contributed by atoms with van der Waals surface area (Å²) in [6.45, 7) is 9.36. The zero-order valence-electron chi connectivity index (χ0n) is 20.7. The molecule has 0 saturated heterocycles. The average molecular weight is 445 g/mol. The minimum atomic E-state index is -0.668. The van der Waals surface area contributed by atoms with E-state index in [2.05, 4.69) is 39.8 Å². The van der Waals surface area contributed by atoms with Crippen LogP contribution in [0.15, 0.2) is 46.1 Å². The quantitative estimate of drug-likeness (QED) is 0.315. The van der Waals surface area contributed by atoms with E-state index >= 15 is 0 Å². The van der Waals surface area contributed by atoms with E-state index in [-0.39, 0.29) is 12.1 Å². The van der Waals surface area contributed by atoms with Crippen molar-refractivity contribution in [1.82, 2.24) is 0 Å². The van der Waals surface area contributed by atoms with Gasteiger partial charge in [0.1, 0.15) is 0 Å². The molecule has 3 rings (SSSR count). The largest absolute Gasteiger partial charge is 0.428 e. The van der Waals surface area contributed by atoms with Gasteiger partial charge < -0.3 is 18.9 Å². The number of ether oxygens (including phenoxy) is 4. The minimum absolute atomic E-state index is 0.271. The summed E-state index contributed by atoms with van der Waals surface area (Å²) < 4.78 is 22.1. The fourth-order valence-corrected chi connectivity index (χ4v) is 5.27. The molecule has 0 aromatic rings. The highest BCUT2D eigenvalue weighted by molar-refractivity contribution is 5.85. The summed E-state index contributed by atoms with van der Waals surface area (Å²) in [5, 5.41) is 0. The van der Waals surface area contributed by atoms with Gasteiger partial charge in [0, 0.05) is 25.9 Å². The van der Waals surface area contributed by atoms with E-state index in [4.69, 9.17) is 18.9 Å². The fraction of sp³-hybridized carbons (Fsp3) is 0.667. The first kappa shape index (κ1) is 24.9. The maximum absolute atomic E-state index is 11.6. The van der Waals surface area contributed by atoms with E-state index in [1.165, 1.54) is 44.4 Å². The third-order valence-electron chi connectivity index (χ3n) is 7.15. The van der Waals surface area contributed by atoms with E-state index in [0.29, 0.717) is 11.8 Å². The molecule has 3 aliphatic rings. The molecule has 5 heteroatoms. The van der Waals surface area contributed by atoms with Crippen LogP contribution in [-0.4, -0.2) is 38.9 Å². The summed E-state index contributed by atoms with van der Waals surface area (Å²) in [7, 11) is 3.18. The molecule has 2 heterocycles. The first-order valence-electron chi connectivity index (χ1n) is 11.9. The number of esters is 1. The number of carbonyl (C=O) groups is 1. The molecule has 0 amide bonds. The van der Waals surface area contributed by atoms with Crippen molar-refractivity contribution in [1.29, 1.82) is 0 Å². The highest BCUT2D eigenvalue weighted by Crippen LogP contribution is 2.42. The second kappa shape index (κ2) is 11.0. The molecule has 178 valence electrons. The van der Waals surface area contributed by atoms with Gasteiger partial charge in [-0.25, -0.2) is 4.79 Å². The maximum Gasteiger partial charge on any atom is 0.333 e. The van der Waals surface area contributed by atoms with Crippen LogP contribution in [0.2, 0.25) is 0 Å². The van der Waals surface area contributed by atoms with Gasteiger partial charge in [0.05, 0.1) is 6.10 Å². The Kier molecular flexibility index (Phi) is 8.54. The number of cyclic esters (lactones) is 1. The third kappa shape index (κ3) is 6.00. The molecule has 0 fully saturated rings. The standard InChI is InChI=1S/C27H40O5/c1-18(12-14-22-19(2)10-8-16-27(22,3)4)9-7-11-20-13-15-23(31-25(20)29-5)21-17-24(28)32-26(21)30-6/h9,13,17,23,25-26H,7-8,10-12,14-16H2,1-6H3/b18-9+/t23-,25-,26-/m1/s1. The van der Waals surface area contributed by atoms with Crippen LogP contribution in [0.5, 0.6) is 0 Å². The summed E-state index contributed by atoms with van der Waals surface area (Å²) in [5.41, 5.74) is 6.95. The predicted molar refractivity (Wildman–Crippen MR) is 126 cm³/mol. The number of carbonyl (C=O) groups excluding carboxylic acids is 1. The van der Waals surface area contributed by atoms with Gasteiger partial charge in [0.25, 0.3) is 0 Å². The molecule has 0 spiro atoms. The Bertz CT molecular complexity index is 814. The highest BCUT2D eigenvalue weighted by atomic mass is 16.7. The lowest BCUT2D eigenvalue weighted by Gasteiger charge is -2.35. The van der Waals surface area contributed by atoms with Crippen LogP contribution < -0.4 is 0 Å². The fourth-order valence-electron chi connectivity index (χ4n) is 5.27. The van der Waals surface area contributed by atoms with Crippen LogP contribution in [0, 0.1) is 5.41 Å². The Morgan fingerprint density at radius 2 is 1.97 bits per heavy atom. The topological polar surface area (TPSA) is 54.0 Å². The molecule has 0 radical (unpaired) electrons. The van der Waals surface area contributed by atoms with E-state index in [1.54, 1.807) is 18.3 Å². The van der Waals surface area contributed by atoms with Crippen LogP contribution in [-0.2, 0) is 23.7 Å². The van der Waals surface area contributed by atoms with Gasteiger partial charge in [-0.3, -0.25) is 0 Å². The second-order valence-electron chi connectivity index (χ2n) is 9.94. The molecule has 0 aromatic carbocycles. The Hall–Kier alpha value is -1.69. The summed E-state index contributed by atoms with van der Waals surface area (Å²) >= 11 is 0. The molecule has 3 atom stereocenters. The molecule has 32 heavy (non-hydrogen) atoms. The molecule has 0 saturated carbocycles. The van der Waals surface area contributed by atoms with Crippen LogP contribution in [0.1, 0.15) is 79.1 Å². The monoisotopic (exact) mass is 444 g/mol. The molecule has 0 unspecified atom stereocenters. The van der Waals surface area contributed by atoms with E-state index in [0.717, 1.165) is 30.4 Å². The molecule has 0 bridgehead atoms. The van der Waals surface area contributed by atoms with Crippen LogP contribution in [0.3, 0.4) is 0 Å². The van der Waals surface area contributed by atoms with Crippen molar-refractivity contribution in [3.8, 4) is 0 Å². The average Bonchev–Trinajstić information content (AvgIpc) is 3.13. The van der Waals surface area contributed by atoms with E-state index in [9.17, 15) is 4.79 Å². The number of hydrogen-bond acceptors (Lipinski definition) is 5. The van der Waals surface area contributed by atoms with Crippen molar-refractivity contribution >= 4 is 5.97 Å². The SMILES string of the molecule is CO[C@@H]1O[C@@H](C2=CC(=O)O[C@H]2OC)CC=C1CC/C=C(\C)CCC1=C(C)CCCC1(C)C. The first-order chi connectivity index (χ1) is 15.2. The van der Waals surface area contributed by atoms with Crippen molar-refractivity contribution in [2.75, 3.05) is 14.2 Å². The Labute approximate surface area is 193 Å². The Balaban J connectivity index is 1.53. The van der Waals surface area contributed by atoms with Crippen molar-refractivity contribution in [2.24, 2.45) is 5.41 Å². The zero-order valence-corrected chi connectivity index (χ0v) is 20.7. The normalized spacial score (nSPS) is 28.5. The Morgan fingerprint density at radius 1 is 1.22 bits per heavy atom. The number of hydrogen-bond donors (Lipinski definition) is 0. The summed E-state index contributed by atoms with van der Waals surface area (Å²) in [6.07, 6.45) is 13.4. The van der Waals surface area contributed by atoms with Crippen molar-refractivity contribution in [3.05, 3.63) is 46.1 Å². The van der Waals surface area contributed by atoms with Crippen LogP contribution in [0.25, 0.3) is 0 Å². The Morgan fingerprint density at radius 3 is 2.66 bits per heavy atom. The van der Waals surface area contributed by atoms with Gasteiger partial charge in [-0.1, -0.05) is 42.7 Å².